The molecule has 0 bridgehead atoms. The van der Waals surface area contributed by atoms with E-state index in [2.05, 4.69) is 5.92 Å². The monoisotopic (exact) mass is 417 g/mol. The van der Waals surface area contributed by atoms with Gasteiger partial charge in [0, 0.05) is 5.56 Å². The zero-order valence-electron chi connectivity index (χ0n) is 15.8. The number of benzene rings is 3. The third kappa shape index (κ3) is 3.93. The van der Waals surface area contributed by atoms with Crippen LogP contribution in [0.4, 0.5) is 9.18 Å². The van der Waals surface area contributed by atoms with Crippen LogP contribution in [-0.2, 0) is 11.4 Å². The zero-order valence-corrected chi connectivity index (χ0v) is 16.6. The molecule has 4 rings (SSSR count). The van der Waals surface area contributed by atoms with Crippen LogP contribution in [0.25, 0.3) is 16.8 Å². The number of halogens is 1. The van der Waals surface area contributed by atoms with Gasteiger partial charge in [0.2, 0.25) is 0 Å². The van der Waals surface area contributed by atoms with E-state index in [1.807, 2.05) is 36.4 Å². The predicted octanol–water partition coefficient (Wildman–Crippen LogP) is 5.23. The van der Waals surface area contributed by atoms with Crippen LogP contribution in [0.1, 0.15) is 11.1 Å². The van der Waals surface area contributed by atoms with Crippen molar-refractivity contribution >= 4 is 39.8 Å². The molecule has 3 aromatic rings. The molecule has 0 saturated carbocycles. The highest BCUT2D eigenvalue weighted by atomic mass is 32.2. The molecule has 1 aliphatic rings. The predicted molar refractivity (Wildman–Crippen MR) is 116 cm³/mol. The zero-order chi connectivity index (χ0) is 21.1. The van der Waals surface area contributed by atoms with Crippen molar-refractivity contribution in [3.8, 4) is 18.1 Å². The first-order chi connectivity index (χ1) is 14.6. The van der Waals surface area contributed by atoms with Crippen molar-refractivity contribution in [3.63, 3.8) is 0 Å². The van der Waals surface area contributed by atoms with E-state index in [1.54, 1.807) is 18.2 Å². The van der Waals surface area contributed by atoms with E-state index >= 15 is 0 Å². The topological polar surface area (TPSA) is 46.6 Å². The van der Waals surface area contributed by atoms with Gasteiger partial charge in [-0.15, -0.1) is 6.42 Å². The van der Waals surface area contributed by atoms with E-state index in [1.165, 1.54) is 12.1 Å². The minimum atomic E-state index is -0.416. The van der Waals surface area contributed by atoms with Gasteiger partial charge in [0.1, 0.15) is 18.2 Å². The Morgan fingerprint density at radius 1 is 1.07 bits per heavy atom. The lowest BCUT2D eigenvalue weighted by molar-refractivity contribution is -0.122. The maximum absolute atomic E-state index is 13.1. The first kappa shape index (κ1) is 19.7. The number of imide groups is 1. The van der Waals surface area contributed by atoms with Gasteiger partial charge in [0.05, 0.1) is 11.4 Å². The number of amides is 2. The lowest BCUT2D eigenvalue weighted by atomic mass is 10.0. The van der Waals surface area contributed by atoms with Gasteiger partial charge in [0.25, 0.3) is 11.1 Å². The van der Waals surface area contributed by atoms with Crippen LogP contribution < -0.4 is 4.74 Å². The van der Waals surface area contributed by atoms with E-state index in [-0.39, 0.29) is 19.0 Å². The molecule has 0 aromatic heterocycles. The summed E-state index contributed by atoms with van der Waals surface area (Å²) in [7, 11) is 0. The number of ether oxygens (including phenoxy) is 1. The SMILES string of the molecule is C#CCN1C(=O)S/C(=C\c2c(OCc3ccc(F)cc3)ccc3ccccc23)C1=O. The number of thioether (sulfide) groups is 1. The molecule has 1 aliphatic heterocycles. The number of fused-ring (bicyclic) bond motifs is 1. The molecule has 0 radical (unpaired) electrons. The summed E-state index contributed by atoms with van der Waals surface area (Å²) in [4.78, 5) is 26.1. The van der Waals surface area contributed by atoms with Gasteiger partial charge in [-0.1, -0.05) is 48.4 Å². The second-order valence-electron chi connectivity index (χ2n) is 6.59. The quantitative estimate of drug-likeness (QED) is 0.421. The summed E-state index contributed by atoms with van der Waals surface area (Å²) < 4.78 is 19.1. The molecular formula is C24H16FNO3S. The van der Waals surface area contributed by atoms with Crippen LogP contribution in [0.15, 0.2) is 65.6 Å². The lowest BCUT2D eigenvalue weighted by Crippen LogP contribution is -2.28. The van der Waals surface area contributed by atoms with Crippen LogP contribution in [-0.4, -0.2) is 22.6 Å². The Hall–Kier alpha value is -3.56. The van der Waals surface area contributed by atoms with Crippen LogP contribution in [0.2, 0.25) is 0 Å². The van der Waals surface area contributed by atoms with Crippen molar-refractivity contribution in [2.75, 3.05) is 6.54 Å². The number of hydrogen-bond acceptors (Lipinski definition) is 4. The molecule has 1 fully saturated rings. The molecule has 0 aliphatic carbocycles. The minimum absolute atomic E-state index is 0.0640. The third-order valence-corrected chi connectivity index (χ3v) is 5.54. The number of carbonyl (C=O) groups excluding carboxylic acids is 2. The summed E-state index contributed by atoms with van der Waals surface area (Å²) in [5.74, 6) is 2.16. The molecular weight excluding hydrogens is 401 g/mol. The first-order valence-corrected chi connectivity index (χ1v) is 9.96. The average molecular weight is 417 g/mol. The van der Waals surface area contributed by atoms with E-state index in [4.69, 9.17) is 11.2 Å². The molecule has 30 heavy (non-hydrogen) atoms. The Bertz CT molecular complexity index is 1210. The molecule has 1 heterocycles. The van der Waals surface area contributed by atoms with E-state index in [0.717, 1.165) is 33.0 Å². The second kappa shape index (κ2) is 8.44. The van der Waals surface area contributed by atoms with Crippen molar-refractivity contribution < 1.29 is 18.7 Å². The Morgan fingerprint density at radius 3 is 2.60 bits per heavy atom. The minimum Gasteiger partial charge on any atom is -0.488 e. The summed E-state index contributed by atoms with van der Waals surface area (Å²) in [5.41, 5.74) is 1.51. The van der Waals surface area contributed by atoms with Crippen LogP contribution in [0, 0.1) is 18.2 Å². The van der Waals surface area contributed by atoms with E-state index in [9.17, 15) is 14.0 Å². The van der Waals surface area contributed by atoms with Crippen molar-refractivity contribution in [1.29, 1.82) is 0 Å². The molecule has 0 unspecified atom stereocenters. The van der Waals surface area contributed by atoms with Crippen LogP contribution >= 0.6 is 11.8 Å². The highest BCUT2D eigenvalue weighted by Gasteiger charge is 2.34. The summed E-state index contributed by atoms with van der Waals surface area (Å²) in [6.07, 6.45) is 6.94. The van der Waals surface area contributed by atoms with Gasteiger partial charge < -0.3 is 4.74 Å². The van der Waals surface area contributed by atoms with E-state index < -0.39 is 11.1 Å². The van der Waals surface area contributed by atoms with Crippen molar-refractivity contribution in [1.82, 2.24) is 4.90 Å². The molecule has 0 spiro atoms. The highest BCUT2D eigenvalue weighted by Crippen LogP contribution is 2.36. The van der Waals surface area contributed by atoms with Gasteiger partial charge >= 0.3 is 0 Å². The summed E-state index contributed by atoms with van der Waals surface area (Å²) >= 11 is 0.856. The smallest absolute Gasteiger partial charge is 0.294 e. The first-order valence-electron chi connectivity index (χ1n) is 9.14. The highest BCUT2D eigenvalue weighted by molar-refractivity contribution is 8.18. The average Bonchev–Trinajstić information content (AvgIpc) is 3.02. The van der Waals surface area contributed by atoms with Crippen LogP contribution in [0.5, 0.6) is 5.75 Å². The molecule has 3 aromatic carbocycles. The largest absolute Gasteiger partial charge is 0.488 e. The Morgan fingerprint density at radius 2 is 1.83 bits per heavy atom. The molecule has 4 nitrogen and oxygen atoms in total. The number of terminal acetylenes is 1. The summed E-state index contributed by atoms with van der Waals surface area (Å²) in [6.45, 7) is 0.170. The fraction of sp³-hybridized carbons (Fsp3) is 0.0833. The number of carbonyl (C=O) groups is 2. The Kier molecular flexibility index (Phi) is 5.55. The normalized spacial score (nSPS) is 15.1. The Balaban J connectivity index is 1.73. The molecule has 0 N–H and O–H groups in total. The molecule has 6 heteroatoms. The molecule has 1 saturated heterocycles. The number of rotatable bonds is 5. The maximum atomic E-state index is 13.1. The van der Waals surface area contributed by atoms with Gasteiger partial charge in [-0.3, -0.25) is 14.5 Å². The van der Waals surface area contributed by atoms with E-state index in [0.29, 0.717) is 16.2 Å². The second-order valence-corrected chi connectivity index (χ2v) is 7.58. The van der Waals surface area contributed by atoms with Crippen molar-refractivity contribution in [2.24, 2.45) is 0 Å². The standard InChI is InChI=1S/C24H16FNO3S/c1-2-13-26-23(27)22(30-24(26)28)14-20-19-6-4-3-5-17(19)9-12-21(20)29-15-16-7-10-18(25)11-8-16/h1,3-12,14H,13,15H2/b22-14-. The molecule has 148 valence electrons. The molecule has 2 amide bonds. The van der Waals surface area contributed by atoms with Gasteiger partial charge in [0.15, 0.2) is 0 Å². The van der Waals surface area contributed by atoms with Gasteiger partial charge in [-0.05, 0) is 52.4 Å². The third-order valence-electron chi connectivity index (χ3n) is 4.64. The fourth-order valence-corrected chi connectivity index (χ4v) is 3.97. The number of hydrogen-bond donors (Lipinski definition) is 0. The summed E-state index contributed by atoms with van der Waals surface area (Å²) in [6, 6.07) is 17.5. The lowest BCUT2D eigenvalue weighted by Gasteiger charge is -2.13. The van der Waals surface area contributed by atoms with Crippen LogP contribution in [0.3, 0.4) is 0 Å². The maximum Gasteiger partial charge on any atom is 0.294 e. The summed E-state index contributed by atoms with van der Waals surface area (Å²) in [5, 5.41) is 1.47. The molecule has 0 atom stereocenters. The fourth-order valence-electron chi connectivity index (χ4n) is 3.15. The van der Waals surface area contributed by atoms with Crippen molar-refractivity contribution in [3.05, 3.63) is 82.5 Å². The van der Waals surface area contributed by atoms with Crippen molar-refractivity contribution in [2.45, 2.75) is 6.61 Å². The Labute approximate surface area is 177 Å². The number of nitrogens with zero attached hydrogens (tertiary/aromatic N) is 1. The van der Waals surface area contributed by atoms with Gasteiger partial charge in [-0.2, -0.15) is 0 Å². The van der Waals surface area contributed by atoms with Gasteiger partial charge in [-0.25, -0.2) is 4.39 Å².